The van der Waals surface area contributed by atoms with Crippen molar-refractivity contribution in [3.05, 3.63) is 0 Å². The molecule has 25 heavy (non-hydrogen) atoms. The van der Waals surface area contributed by atoms with Gasteiger partial charge in [0, 0.05) is 13.5 Å². The maximum atomic E-state index is 12.7. The molecule has 0 aromatic heterocycles. The number of carbonyl (C=O) groups is 2. The topological polar surface area (TPSA) is 52.6 Å². The van der Waals surface area contributed by atoms with E-state index in [1.54, 1.807) is 0 Å². The molecule has 0 amide bonds. The standard InChI is InChI=1S/C21H32O4/c1-20-10-9-14-12(13(20)7-8-17(20)24-3)5-6-15-18(19(23)25-4)16(22)11-21(14,15)2/h12-15,17-18H,5-11H2,1-4H3/t12-,13-,14-,15-,17-,18?,20-,21+/m0/s1. The molecule has 4 rings (SSSR count). The first-order valence-electron chi connectivity index (χ1n) is 10.00. The van der Waals surface area contributed by atoms with Crippen LogP contribution in [0.2, 0.25) is 0 Å². The monoisotopic (exact) mass is 348 g/mol. The Balaban J connectivity index is 1.64. The Labute approximate surface area is 151 Å². The van der Waals surface area contributed by atoms with Gasteiger partial charge in [-0.1, -0.05) is 13.8 Å². The van der Waals surface area contributed by atoms with E-state index in [1.165, 1.54) is 32.8 Å². The average molecular weight is 348 g/mol. The second-order valence-corrected chi connectivity index (χ2v) is 9.56. The number of carbonyl (C=O) groups excluding carboxylic acids is 2. The molecule has 0 saturated heterocycles. The Morgan fingerprint density at radius 3 is 2.32 bits per heavy atom. The number of fused-ring (bicyclic) bond motifs is 5. The minimum absolute atomic E-state index is 0.0225. The van der Waals surface area contributed by atoms with Crippen molar-refractivity contribution in [3.8, 4) is 0 Å². The van der Waals surface area contributed by atoms with Gasteiger partial charge in [0.2, 0.25) is 0 Å². The first kappa shape index (κ1) is 17.5. The number of rotatable bonds is 2. The van der Waals surface area contributed by atoms with Crippen LogP contribution in [0.15, 0.2) is 0 Å². The molecule has 0 bridgehead atoms. The maximum Gasteiger partial charge on any atom is 0.316 e. The van der Waals surface area contributed by atoms with Crippen LogP contribution in [0.5, 0.6) is 0 Å². The van der Waals surface area contributed by atoms with Crippen LogP contribution in [-0.4, -0.2) is 32.1 Å². The molecule has 0 aromatic carbocycles. The van der Waals surface area contributed by atoms with Crippen molar-refractivity contribution < 1.29 is 19.1 Å². The van der Waals surface area contributed by atoms with E-state index in [2.05, 4.69) is 13.8 Å². The molecule has 4 saturated carbocycles. The van der Waals surface area contributed by atoms with Gasteiger partial charge in [0.1, 0.15) is 11.7 Å². The van der Waals surface area contributed by atoms with Crippen LogP contribution in [0.3, 0.4) is 0 Å². The summed E-state index contributed by atoms with van der Waals surface area (Å²) in [5.41, 5.74) is 0.273. The lowest BCUT2D eigenvalue weighted by molar-refractivity contribution is -0.153. The molecule has 140 valence electrons. The van der Waals surface area contributed by atoms with Crippen LogP contribution in [0.25, 0.3) is 0 Å². The third-order valence-electron chi connectivity index (χ3n) is 8.90. The normalized spacial score (nSPS) is 51.6. The van der Waals surface area contributed by atoms with Gasteiger partial charge in [0.05, 0.1) is 13.2 Å². The lowest BCUT2D eigenvalue weighted by Gasteiger charge is -2.57. The number of hydrogen-bond donors (Lipinski definition) is 0. The smallest absolute Gasteiger partial charge is 0.316 e. The van der Waals surface area contributed by atoms with Crippen molar-refractivity contribution in [3.63, 3.8) is 0 Å². The zero-order valence-corrected chi connectivity index (χ0v) is 16.0. The fourth-order valence-corrected chi connectivity index (χ4v) is 7.77. The third kappa shape index (κ3) is 2.22. The second kappa shape index (κ2) is 5.80. The number of esters is 1. The van der Waals surface area contributed by atoms with E-state index in [-0.39, 0.29) is 23.1 Å². The third-order valence-corrected chi connectivity index (χ3v) is 8.90. The van der Waals surface area contributed by atoms with E-state index in [4.69, 9.17) is 9.47 Å². The minimum Gasteiger partial charge on any atom is -0.468 e. The van der Waals surface area contributed by atoms with Crippen molar-refractivity contribution in [1.82, 2.24) is 0 Å². The molecular weight excluding hydrogens is 316 g/mol. The highest BCUT2D eigenvalue weighted by atomic mass is 16.5. The number of methoxy groups -OCH3 is 2. The first-order valence-corrected chi connectivity index (χ1v) is 10.00. The summed E-state index contributed by atoms with van der Waals surface area (Å²) in [4.78, 5) is 24.9. The van der Waals surface area contributed by atoms with Gasteiger partial charge in [-0.3, -0.25) is 9.59 Å². The van der Waals surface area contributed by atoms with Gasteiger partial charge >= 0.3 is 5.97 Å². The van der Waals surface area contributed by atoms with Crippen LogP contribution in [0.4, 0.5) is 0 Å². The predicted octanol–water partition coefficient (Wildman–Crippen LogP) is 3.62. The highest BCUT2D eigenvalue weighted by Crippen LogP contribution is 2.67. The number of ketones is 1. The summed E-state index contributed by atoms with van der Waals surface area (Å²) in [7, 11) is 3.27. The summed E-state index contributed by atoms with van der Waals surface area (Å²) in [5, 5.41) is 0. The Morgan fingerprint density at radius 1 is 0.960 bits per heavy atom. The fourth-order valence-electron chi connectivity index (χ4n) is 7.77. The molecule has 4 fully saturated rings. The van der Waals surface area contributed by atoms with E-state index in [0.717, 1.165) is 12.8 Å². The van der Waals surface area contributed by atoms with E-state index in [0.29, 0.717) is 35.7 Å². The van der Waals surface area contributed by atoms with Crippen molar-refractivity contribution in [2.24, 2.45) is 40.4 Å². The van der Waals surface area contributed by atoms with Gasteiger partial charge in [-0.15, -0.1) is 0 Å². The Bertz CT molecular complexity index is 586. The van der Waals surface area contributed by atoms with Crippen molar-refractivity contribution in [2.45, 2.75) is 64.9 Å². The molecule has 4 nitrogen and oxygen atoms in total. The highest BCUT2D eigenvalue weighted by Gasteiger charge is 2.64. The zero-order valence-electron chi connectivity index (χ0n) is 16.0. The Kier molecular flexibility index (Phi) is 4.06. The van der Waals surface area contributed by atoms with Gasteiger partial charge < -0.3 is 9.47 Å². The van der Waals surface area contributed by atoms with Crippen LogP contribution in [-0.2, 0) is 19.1 Å². The minimum atomic E-state index is -0.514. The van der Waals surface area contributed by atoms with E-state index < -0.39 is 5.92 Å². The average Bonchev–Trinajstić information content (AvgIpc) is 3.06. The summed E-state index contributed by atoms with van der Waals surface area (Å²) in [6, 6.07) is 0. The second-order valence-electron chi connectivity index (χ2n) is 9.56. The summed E-state index contributed by atoms with van der Waals surface area (Å²) in [6.45, 7) is 4.72. The predicted molar refractivity (Wildman–Crippen MR) is 93.8 cm³/mol. The molecule has 0 N–H and O–H groups in total. The van der Waals surface area contributed by atoms with Gasteiger partial charge in [-0.2, -0.15) is 0 Å². The number of ether oxygens (including phenoxy) is 2. The van der Waals surface area contributed by atoms with E-state index in [9.17, 15) is 9.59 Å². The molecule has 0 spiro atoms. The van der Waals surface area contributed by atoms with Crippen molar-refractivity contribution in [2.75, 3.05) is 14.2 Å². The molecule has 0 aromatic rings. The molecule has 4 aliphatic carbocycles. The van der Waals surface area contributed by atoms with Crippen molar-refractivity contribution >= 4 is 11.8 Å². The Hall–Kier alpha value is -0.900. The van der Waals surface area contributed by atoms with Gasteiger partial charge in [-0.25, -0.2) is 0 Å². The molecule has 0 radical (unpaired) electrons. The van der Waals surface area contributed by atoms with E-state index in [1.807, 2.05) is 7.11 Å². The van der Waals surface area contributed by atoms with Crippen LogP contribution in [0, 0.1) is 40.4 Å². The van der Waals surface area contributed by atoms with Gasteiger partial charge in [0.25, 0.3) is 0 Å². The SMILES string of the molecule is COC(=O)C1C(=O)C[C@@]2(C)[C@H]1CC[C@@H]1[C@@H]2CC[C@]2(C)[C@@H](OC)CC[C@@H]12. The molecule has 4 aliphatic rings. The highest BCUT2D eigenvalue weighted by molar-refractivity contribution is 6.01. The maximum absolute atomic E-state index is 12.7. The lowest BCUT2D eigenvalue weighted by atomic mass is 9.48. The van der Waals surface area contributed by atoms with Crippen LogP contribution >= 0.6 is 0 Å². The number of hydrogen-bond acceptors (Lipinski definition) is 4. The summed E-state index contributed by atoms with van der Waals surface area (Å²) in [6.07, 6.45) is 7.89. The zero-order chi connectivity index (χ0) is 18.0. The molecule has 1 unspecified atom stereocenters. The summed E-state index contributed by atoms with van der Waals surface area (Å²) < 4.78 is 10.8. The number of Topliss-reactive ketones (excluding diaryl/α,β-unsaturated/α-hetero) is 1. The first-order chi connectivity index (χ1) is 11.9. The molecule has 4 heteroatoms. The summed E-state index contributed by atoms with van der Waals surface area (Å²) in [5.74, 6) is 1.44. The van der Waals surface area contributed by atoms with Gasteiger partial charge in [0.15, 0.2) is 0 Å². The summed E-state index contributed by atoms with van der Waals surface area (Å²) >= 11 is 0. The Morgan fingerprint density at radius 2 is 1.64 bits per heavy atom. The van der Waals surface area contributed by atoms with Crippen LogP contribution < -0.4 is 0 Å². The largest absolute Gasteiger partial charge is 0.468 e. The fraction of sp³-hybridized carbons (Fsp3) is 0.905. The van der Waals surface area contributed by atoms with Gasteiger partial charge in [-0.05, 0) is 73.0 Å². The lowest BCUT2D eigenvalue weighted by Crippen LogP contribution is -2.52. The molecular formula is C21H32O4. The van der Waals surface area contributed by atoms with E-state index >= 15 is 0 Å². The molecule has 0 aliphatic heterocycles. The molecule has 0 heterocycles. The quantitative estimate of drug-likeness (QED) is 0.565. The molecule has 8 atom stereocenters. The van der Waals surface area contributed by atoms with Crippen molar-refractivity contribution in [1.29, 1.82) is 0 Å². The van der Waals surface area contributed by atoms with Crippen LogP contribution in [0.1, 0.15) is 58.8 Å².